The van der Waals surface area contributed by atoms with Crippen LogP contribution in [0.4, 0.5) is 0 Å². The second-order valence-corrected chi connectivity index (χ2v) is 7.65. The molecule has 1 aliphatic heterocycles. The molecule has 1 N–H and O–H groups in total. The van der Waals surface area contributed by atoms with E-state index in [-0.39, 0.29) is 5.54 Å². The summed E-state index contributed by atoms with van der Waals surface area (Å²) in [6.07, 6.45) is 13.1. The summed E-state index contributed by atoms with van der Waals surface area (Å²) < 4.78 is 0. The lowest BCUT2D eigenvalue weighted by molar-refractivity contribution is 0.130. The molecule has 1 heterocycles. The smallest absolute Gasteiger partial charge is 0.108 e. The Morgan fingerprint density at radius 2 is 1.90 bits per heavy atom. The fourth-order valence-corrected chi connectivity index (χ4v) is 5.08. The lowest BCUT2D eigenvalue weighted by Gasteiger charge is -2.36. The fourth-order valence-electron chi connectivity index (χ4n) is 5.08. The first kappa shape index (κ1) is 13.1. The lowest BCUT2D eigenvalue weighted by Crippen LogP contribution is -2.46. The summed E-state index contributed by atoms with van der Waals surface area (Å²) in [5, 5.41) is 13.3. The maximum atomic E-state index is 9.66. The van der Waals surface area contributed by atoms with Gasteiger partial charge in [-0.15, -0.1) is 0 Å². The van der Waals surface area contributed by atoms with Crippen molar-refractivity contribution in [3.8, 4) is 6.07 Å². The fraction of sp³-hybridized carbons (Fsp3) is 0.941. The molecule has 0 aromatic carbocycles. The summed E-state index contributed by atoms with van der Waals surface area (Å²) in [7, 11) is 0. The Bertz CT molecular complexity index is 411. The van der Waals surface area contributed by atoms with E-state index in [1.807, 2.05) is 0 Å². The van der Waals surface area contributed by atoms with Gasteiger partial charge >= 0.3 is 0 Å². The van der Waals surface area contributed by atoms with Crippen LogP contribution in [-0.4, -0.2) is 35.1 Å². The predicted octanol–water partition coefficient (Wildman–Crippen LogP) is 2.82. The minimum Gasteiger partial charge on any atom is -0.297 e. The molecule has 4 atom stereocenters. The predicted molar refractivity (Wildman–Crippen MR) is 79.2 cm³/mol. The maximum Gasteiger partial charge on any atom is 0.108 e. The highest BCUT2D eigenvalue weighted by molar-refractivity contribution is 5.16. The first-order valence-electron chi connectivity index (χ1n) is 8.74. The zero-order chi connectivity index (χ0) is 13.6. The average molecular weight is 273 g/mol. The minimum absolute atomic E-state index is 0.196. The van der Waals surface area contributed by atoms with Crippen LogP contribution in [-0.2, 0) is 0 Å². The van der Waals surface area contributed by atoms with E-state index in [2.05, 4.69) is 16.3 Å². The van der Waals surface area contributed by atoms with Crippen molar-refractivity contribution in [1.29, 1.82) is 5.26 Å². The highest BCUT2D eigenvalue weighted by Gasteiger charge is 2.47. The van der Waals surface area contributed by atoms with E-state index in [0.29, 0.717) is 12.1 Å². The molecular formula is C17H27N3. The third-order valence-corrected chi connectivity index (χ3v) is 6.28. The van der Waals surface area contributed by atoms with E-state index in [9.17, 15) is 5.26 Å². The number of hydrogen-bond donors (Lipinski definition) is 1. The number of likely N-dealkylation sites (tertiary alicyclic amines) is 1. The van der Waals surface area contributed by atoms with Gasteiger partial charge in [-0.05, 0) is 63.8 Å². The van der Waals surface area contributed by atoms with E-state index in [0.717, 1.165) is 24.8 Å². The van der Waals surface area contributed by atoms with Crippen LogP contribution in [0, 0.1) is 17.2 Å². The Labute approximate surface area is 122 Å². The van der Waals surface area contributed by atoms with Crippen molar-refractivity contribution in [1.82, 2.24) is 10.2 Å². The van der Waals surface area contributed by atoms with Crippen LogP contribution >= 0.6 is 0 Å². The molecule has 0 aromatic heterocycles. The number of nitrogens with one attached hydrogen (secondary N) is 1. The molecule has 20 heavy (non-hydrogen) atoms. The highest BCUT2D eigenvalue weighted by Crippen LogP contribution is 2.43. The monoisotopic (exact) mass is 273 g/mol. The molecule has 4 rings (SSSR count). The number of fused-ring (bicyclic) bond motifs is 1. The lowest BCUT2D eigenvalue weighted by atomic mass is 9.85. The summed E-state index contributed by atoms with van der Waals surface area (Å²) in [4.78, 5) is 2.80. The van der Waals surface area contributed by atoms with Gasteiger partial charge in [-0.25, -0.2) is 0 Å². The molecule has 0 bridgehead atoms. The molecule has 0 aromatic rings. The molecule has 4 unspecified atom stereocenters. The van der Waals surface area contributed by atoms with Gasteiger partial charge in [0.05, 0.1) is 6.07 Å². The first-order valence-corrected chi connectivity index (χ1v) is 8.74. The number of nitrogens with zero attached hydrogens (tertiary/aromatic N) is 2. The largest absolute Gasteiger partial charge is 0.297 e. The molecule has 0 amide bonds. The van der Waals surface area contributed by atoms with Crippen molar-refractivity contribution >= 4 is 0 Å². The second kappa shape index (κ2) is 5.00. The van der Waals surface area contributed by atoms with Gasteiger partial charge in [0, 0.05) is 18.1 Å². The van der Waals surface area contributed by atoms with Crippen molar-refractivity contribution in [2.24, 2.45) is 5.92 Å². The van der Waals surface area contributed by atoms with E-state index < -0.39 is 0 Å². The van der Waals surface area contributed by atoms with Crippen molar-refractivity contribution in [3.05, 3.63) is 0 Å². The van der Waals surface area contributed by atoms with Crippen LogP contribution in [0.15, 0.2) is 0 Å². The molecule has 110 valence electrons. The van der Waals surface area contributed by atoms with Crippen LogP contribution in [0.25, 0.3) is 0 Å². The van der Waals surface area contributed by atoms with E-state index in [4.69, 9.17) is 0 Å². The van der Waals surface area contributed by atoms with Gasteiger partial charge in [0.25, 0.3) is 0 Å². The van der Waals surface area contributed by atoms with Gasteiger partial charge in [-0.1, -0.05) is 12.8 Å². The summed E-state index contributed by atoms with van der Waals surface area (Å²) in [6, 6.07) is 4.81. The van der Waals surface area contributed by atoms with Gasteiger partial charge in [0.1, 0.15) is 5.54 Å². The molecule has 0 spiro atoms. The third-order valence-electron chi connectivity index (χ3n) is 6.28. The van der Waals surface area contributed by atoms with Gasteiger partial charge in [-0.2, -0.15) is 5.26 Å². The van der Waals surface area contributed by atoms with Gasteiger partial charge in [0.15, 0.2) is 0 Å². The molecule has 4 aliphatic rings. The minimum atomic E-state index is -0.196. The van der Waals surface area contributed by atoms with E-state index in [1.54, 1.807) is 0 Å². The molecule has 3 heteroatoms. The number of nitriles is 1. The van der Waals surface area contributed by atoms with Crippen molar-refractivity contribution < 1.29 is 0 Å². The number of hydrogen-bond acceptors (Lipinski definition) is 3. The molecule has 3 nitrogen and oxygen atoms in total. The molecular weight excluding hydrogens is 246 g/mol. The Morgan fingerprint density at radius 3 is 2.70 bits per heavy atom. The topological polar surface area (TPSA) is 39.1 Å². The second-order valence-electron chi connectivity index (χ2n) is 7.65. The number of rotatable bonds is 3. The Balaban J connectivity index is 1.43. The molecule has 4 fully saturated rings. The van der Waals surface area contributed by atoms with Crippen LogP contribution in [0.2, 0.25) is 0 Å². The Hall–Kier alpha value is -0.590. The Morgan fingerprint density at radius 1 is 1.05 bits per heavy atom. The van der Waals surface area contributed by atoms with Gasteiger partial charge in [-0.3, -0.25) is 10.2 Å². The normalized spacial score (nSPS) is 45.2. The van der Waals surface area contributed by atoms with Crippen LogP contribution in [0.5, 0.6) is 0 Å². The average Bonchev–Trinajstić information content (AvgIpc) is 3.03. The molecule has 0 radical (unpaired) electrons. The molecule has 1 saturated heterocycles. The van der Waals surface area contributed by atoms with Crippen LogP contribution < -0.4 is 5.32 Å². The molecule has 3 aliphatic carbocycles. The zero-order valence-corrected chi connectivity index (χ0v) is 12.5. The summed E-state index contributed by atoms with van der Waals surface area (Å²) in [5.41, 5.74) is -0.196. The van der Waals surface area contributed by atoms with Crippen LogP contribution in [0.3, 0.4) is 0 Å². The Kier molecular flexibility index (Phi) is 3.27. The maximum absolute atomic E-state index is 9.66. The summed E-state index contributed by atoms with van der Waals surface area (Å²) in [6.45, 7) is 1.30. The van der Waals surface area contributed by atoms with Gasteiger partial charge in [0.2, 0.25) is 0 Å². The van der Waals surface area contributed by atoms with Crippen molar-refractivity contribution in [2.75, 3.05) is 6.54 Å². The van der Waals surface area contributed by atoms with Crippen molar-refractivity contribution in [3.63, 3.8) is 0 Å². The molecule has 3 saturated carbocycles. The standard InChI is InChI=1S/C17H27N3/c18-12-17(19-14-5-6-14)9-7-15(11-17)20-10-8-13-3-1-2-4-16(13)20/h13-16,19H,1-11H2. The van der Waals surface area contributed by atoms with Crippen molar-refractivity contribution in [2.45, 2.75) is 87.9 Å². The summed E-state index contributed by atoms with van der Waals surface area (Å²) >= 11 is 0. The highest BCUT2D eigenvalue weighted by atomic mass is 15.2. The third kappa shape index (κ3) is 2.27. The van der Waals surface area contributed by atoms with Crippen LogP contribution in [0.1, 0.15) is 64.2 Å². The van der Waals surface area contributed by atoms with E-state index in [1.165, 1.54) is 57.9 Å². The van der Waals surface area contributed by atoms with Gasteiger partial charge < -0.3 is 0 Å². The zero-order valence-electron chi connectivity index (χ0n) is 12.5. The van der Waals surface area contributed by atoms with E-state index >= 15 is 0 Å². The first-order chi connectivity index (χ1) is 9.80. The SMILES string of the molecule is N#CC1(NC2CC2)CCC(N2CCC3CCCCC32)C1. The quantitative estimate of drug-likeness (QED) is 0.859. The summed E-state index contributed by atoms with van der Waals surface area (Å²) in [5.74, 6) is 0.970.